The highest BCUT2D eigenvalue weighted by Gasteiger charge is 2.30. The standard InChI is InChI=1S/C15H26OSi.C12H14O4.C10H24OSi.C9H22OSi.C6H16Si.C5H10O2/c1-5-14-9-11-15(12-10-14)13-16-17(6-2,7-3)8-4;1-9(13)10-3-5-11(6-4-10)12(14)16-8-7-15-2;1-6-12(7-2,8-3)11-9-10(4)5;1-5-9-10-11(6-2,7-3)8-4;1-4-7(5-2)6-3;1-4(2)5(6)7-3/h9-12H,5-8,13H2,1-4H3;3-6H,7-8H2,1-2H3;10H,6-9H2,1-5H3;5-9H2,1-4H3;7H,4-6H2,1-3H3;4H,1-3H3. The number of hydrogen-bond acceptors (Lipinski definition) is 9. The monoisotopic (exact) mass is 1050 g/mol. The lowest BCUT2D eigenvalue weighted by Crippen LogP contribution is -2.36. The molecule has 9 nitrogen and oxygen atoms in total. The third-order valence-electron chi connectivity index (χ3n) is 13.6. The van der Waals surface area contributed by atoms with Gasteiger partial charge in [0.1, 0.15) is 6.61 Å². The molecule has 0 saturated carbocycles. The average Bonchev–Trinajstić information content (AvgIpc) is 3.39. The van der Waals surface area contributed by atoms with Gasteiger partial charge in [-0.2, -0.15) is 0 Å². The van der Waals surface area contributed by atoms with Crippen molar-refractivity contribution in [3.8, 4) is 0 Å². The van der Waals surface area contributed by atoms with Crippen LogP contribution in [0, 0.1) is 11.8 Å². The Balaban J connectivity index is -0.000000385. The van der Waals surface area contributed by atoms with Crippen LogP contribution in [0.4, 0.5) is 0 Å². The molecule has 0 bridgehead atoms. The van der Waals surface area contributed by atoms with Crippen LogP contribution < -0.4 is 0 Å². The van der Waals surface area contributed by atoms with Crippen LogP contribution in [0.5, 0.6) is 0 Å². The van der Waals surface area contributed by atoms with Crippen LogP contribution in [0.3, 0.4) is 0 Å². The number of hydrogen-bond donors (Lipinski definition) is 0. The molecule has 0 heterocycles. The van der Waals surface area contributed by atoms with Gasteiger partial charge in [0.25, 0.3) is 0 Å². The first-order valence-electron chi connectivity index (χ1n) is 27.6. The normalized spacial score (nSPS) is 11.1. The topological polar surface area (TPSA) is 107 Å². The van der Waals surface area contributed by atoms with Gasteiger partial charge in [0.2, 0.25) is 0 Å². The van der Waals surface area contributed by atoms with Crippen LogP contribution in [0.25, 0.3) is 0 Å². The molecular formula is C57H112O9Si4. The summed E-state index contributed by atoms with van der Waals surface area (Å²) in [6, 6.07) is 31.0. The molecule has 0 aliphatic rings. The lowest BCUT2D eigenvalue weighted by Gasteiger charge is -2.28. The summed E-state index contributed by atoms with van der Waals surface area (Å²) in [6.45, 7) is 44.7. The predicted octanol–water partition coefficient (Wildman–Crippen LogP) is 16.6. The zero-order valence-electron chi connectivity index (χ0n) is 49.5. The summed E-state index contributed by atoms with van der Waals surface area (Å²) in [7, 11) is -1.18. The predicted molar refractivity (Wildman–Crippen MR) is 313 cm³/mol. The summed E-state index contributed by atoms with van der Waals surface area (Å²) in [5.41, 5.74) is 3.72. The minimum Gasteiger partial charge on any atom is -0.469 e. The van der Waals surface area contributed by atoms with Gasteiger partial charge >= 0.3 is 11.9 Å². The highest BCUT2D eigenvalue weighted by molar-refractivity contribution is 6.74. The lowest BCUT2D eigenvalue weighted by atomic mass is 10.1. The second kappa shape index (κ2) is 46.5. The number of ether oxygens (including phenoxy) is 3. The Hall–Kier alpha value is -2.24. The van der Waals surface area contributed by atoms with Crippen molar-refractivity contribution in [2.45, 2.75) is 224 Å². The molecule has 70 heavy (non-hydrogen) atoms. The molecule has 0 aliphatic carbocycles. The second-order valence-corrected chi connectivity index (χ2v) is 37.3. The first-order valence-corrected chi connectivity index (χ1v) is 37.6. The van der Waals surface area contributed by atoms with E-state index < -0.39 is 30.9 Å². The van der Waals surface area contributed by atoms with E-state index in [0.29, 0.717) is 23.7 Å². The number of rotatable bonds is 28. The van der Waals surface area contributed by atoms with Crippen molar-refractivity contribution in [1.29, 1.82) is 0 Å². The number of benzene rings is 2. The molecule has 0 N–H and O–H groups in total. The number of carbonyl (C=O) groups excluding carboxylic acids is 3. The zero-order chi connectivity index (χ0) is 54.6. The van der Waals surface area contributed by atoms with Crippen molar-refractivity contribution in [2.75, 3.05) is 40.6 Å². The molecule has 0 spiro atoms. The van der Waals surface area contributed by atoms with Crippen LogP contribution in [-0.4, -0.2) is 92.1 Å². The van der Waals surface area contributed by atoms with Crippen molar-refractivity contribution in [2.24, 2.45) is 11.8 Å². The van der Waals surface area contributed by atoms with Crippen LogP contribution in [0.15, 0.2) is 48.5 Å². The Kier molecular flexibility index (Phi) is 49.4. The van der Waals surface area contributed by atoms with Crippen LogP contribution in [0.2, 0.25) is 72.5 Å². The van der Waals surface area contributed by atoms with Gasteiger partial charge in [-0.3, -0.25) is 9.59 Å². The van der Waals surface area contributed by atoms with Crippen LogP contribution in [0.1, 0.15) is 170 Å². The molecule has 2 aromatic carbocycles. The van der Waals surface area contributed by atoms with Gasteiger partial charge < -0.3 is 27.5 Å². The maximum Gasteiger partial charge on any atom is 0.338 e. The molecule has 0 radical (unpaired) electrons. The highest BCUT2D eigenvalue weighted by Crippen LogP contribution is 2.24. The van der Waals surface area contributed by atoms with E-state index >= 15 is 0 Å². The summed E-state index contributed by atoms with van der Waals surface area (Å²) in [4.78, 5) is 32.7. The molecule has 0 aliphatic heterocycles. The summed E-state index contributed by atoms with van der Waals surface area (Å²) >= 11 is 0. The zero-order valence-corrected chi connectivity index (χ0v) is 53.6. The molecule has 0 unspecified atom stereocenters. The molecule has 2 aromatic rings. The minimum atomic E-state index is -1.42. The Morgan fingerprint density at radius 2 is 0.914 bits per heavy atom. The average molecular weight is 1050 g/mol. The highest BCUT2D eigenvalue weighted by atomic mass is 28.4. The Bertz CT molecular complexity index is 1470. The molecule has 0 aromatic heterocycles. The van der Waals surface area contributed by atoms with E-state index in [0.717, 1.165) is 32.7 Å². The third kappa shape index (κ3) is 35.0. The van der Waals surface area contributed by atoms with Crippen LogP contribution >= 0.6 is 0 Å². The first-order chi connectivity index (χ1) is 33.2. The second-order valence-electron chi connectivity index (χ2n) is 18.8. The van der Waals surface area contributed by atoms with Crippen molar-refractivity contribution in [3.63, 3.8) is 0 Å². The van der Waals surface area contributed by atoms with E-state index in [4.69, 9.17) is 22.8 Å². The number of aryl methyl sites for hydroxylation is 1. The van der Waals surface area contributed by atoms with Gasteiger partial charge in [0.05, 0.1) is 31.8 Å². The fourth-order valence-corrected chi connectivity index (χ4v) is 17.0. The molecule has 13 heteroatoms. The van der Waals surface area contributed by atoms with Gasteiger partial charge in [-0.15, -0.1) is 0 Å². The summed E-state index contributed by atoms with van der Waals surface area (Å²) in [5, 5.41) is 0. The van der Waals surface area contributed by atoms with Crippen molar-refractivity contribution < 1.29 is 41.9 Å². The van der Waals surface area contributed by atoms with E-state index in [2.05, 4.69) is 140 Å². The maximum absolute atomic E-state index is 11.4. The van der Waals surface area contributed by atoms with Gasteiger partial charge in [-0.05, 0) is 103 Å². The Morgan fingerprint density at radius 1 is 0.514 bits per heavy atom. The van der Waals surface area contributed by atoms with Crippen LogP contribution in [-0.2, 0) is 45.3 Å². The Labute approximate surface area is 438 Å². The third-order valence-corrected chi connectivity index (χ3v) is 31.0. The number of Topliss-reactive ketones (excluding diaryl/α,β-unsaturated/α-hetero) is 1. The first kappa shape index (κ1) is 74.3. The largest absolute Gasteiger partial charge is 0.469 e. The maximum atomic E-state index is 11.4. The van der Waals surface area contributed by atoms with Gasteiger partial charge in [0, 0.05) is 34.7 Å². The van der Waals surface area contributed by atoms with E-state index in [1.54, 1.807) is 38.1 Å². The van der Waals surface area contributed by atoms with E-state index in [9.17, 15) is 14.4 Å². The molecule has 0 amide bonds. The number of esters is 2. The summed E-state index contributed by atoms with van der Waals surface area (Å²) in [6.07, 6.45) is 2.27. The SMILES string of the molecule is CCCO[Si](CC)(CC)CC.CC[SiH](CC)CC.CC[Si](CC)(CC)OCC(C)C.CCc1ccc(CO[Si](CC)(CC)CC)cc1.COC(=O)C(C)C.COCCOC(=O)c1ccc(C(C)=O)cc1. The lowest BCUT2D eigenvalue weighted by molar-refractivity contribution is -0.144. The molecule has 0 saturated heterocycles. The number of methoxy groups -OCH3 is 2. The van der Waals surface area contributed by atoms with Gasteiger partial charge in [-0.1, -0.05) is 179 Å². The molecular weight excluding hydrogens is 941 g/mol. The van der Waals surface area contributed by atoms with Crippen molar-refractivity contribution >= 4 is 51.5 Å². The summed E-state index contributed by atoms with van der Waals surface area (Å²) < 4.78 is 32.4. The quantitative estimate of drug-likeness (QED) is 0.0356. The molecule has 410 valence electrons. The number of ketones is 1. The van der Waals surface area contributed by atoms with E-state index in [-0.39, 0.29) is 33.1 Å². The smallest absolute Gasteiger partial charge is 0.338 e. The minimum absolute atomic E-state index is 0.00463. The van der Waals surface area contributed by atoms with E-state index in [1.807, 2.05) is 0 Å². The summed E-state index contributed by atoms with van der Waals surface area (Å²) in [5.74, 6) is 0.0953. The molecule has 0 atom stereocenters. The van der Waals surface area contributed by atoms with Crippen molar-refractivity contribution in [3.05, 3.63) is 70.8 Å². The van der Waals surface area contributed by atoms with Gasteiger partial charge in [-0.25, -0.2) is 4.79 Å². The Morgan fingerprint density at radius 3 is 1.21 bits per heavy atom. The fourth-order valence-electron chi connectivity index (χ4n) is 7.18. The van der Waals surface area contributed by atoms with Crippen molar-refractivity contribution in [1.82, 2.24) is 0 Å². The van der Waals surface area contributed by atoms with Gasteiger partial charge in [0.15, 0.2) is 30.7 Å². The molecule has 2 rings (SSSR count). The van der Waals surface area contributed by atoms with E-state index in [1.165, 1.54) is 105 Å². The molecule has 0 fully saturated rings. The number of carbonyl (C=O) groups is 3. The fraction of sp³-hybridized carbons (Fsp3) is 0.737.